The molecule has 0 amide bonds. The number of hydrogen-bond donors (Lipinski definition) is 1. The number of nitrogen functional groups attached to an aromatic ring is 1. The number of hydrogen-bond acceptors (Lipinski definition) is 6. The normalized spacial score (nSPS) is 14.0. The maximum absolute atomic E-state index is 15.6. The lowest BCUT2D eigenvalue weighted by Crippen LogP contribution is -2.11. The number of nitrogens with zero attached hydrogens (tertiary/aromatic N) is 3. The second kappa shape index (κ2) is 7.96. The highest BCUT2D eigenvalue weighted by atomic mass is 32.2. The van der Waals surface area contributed by atoms with Gasteiger partial charge in [-0.1, -0.05) is 12.5 Å². The summed E-state index contributed by atoms with van der Waals surface area (Å²) in [5.74, 6) is -0.144. The molecule has 1 fully saturated rings. The second-order valence-corrected chi connectivity index (χ2v) is 9.43. The minimum absolute atomic E-state index is 0.00330. The van der Waals surface area contributed by atoms with Gasteiger partial charge < -0.3 is 10.5 Å². The molecule has 1 aromatic heterocycles. The van der Waals surface area contributed by atoms with Crippen molar-refractivity contribution in [3.8, 4) is 22.8 Å². The van der Waals surface area contributed by atoms with Gasteiger partial charge in [0.05, 0.1) is 29.6 Å². The van der Waals surface area contributed by atoms with Gasteiger partial charge in [0.1, 0.15) is 11.6 Å². The Hall–Kier alpha value is -3.51. The molecule has 0 aliphatic heterocycles. The monoisotopic (exact) mass is 438 g/mol. The smallest absolute Gasteiger partial charge is 0.230 e. The van der Waals surface area contributed by atoms with E-state index in [-0.39, 0.29) is 39.4 Å². The van der Waals surface area contributed by atoms with E-state index in [1.54, 1.807) is 12.1 Å². The van der Waals surface area contributed by atoms with Crippen LogP contribution in [0.4, 0.5) is 15.9 Å². The first-order valence-corrected chi connectivity index (χ1v) is 11.5. The van der Waals surface area contributed by atoms with Crippen LogP contribution in [0.15, 0.2) is 47.6 Å². The zero-order chi connectivity index (χ0) is 22.2. The molecule has 0 unspecified atom stereocenters. The summed E-state index contributed by atoms with van der Waals surface area (Å²) in [6.07, 6.45) is 6.66. The van der Waals surface area contributed by atoms with Crippen molar-refractivity contribution in [2.24, 2.45) is 0 Å². The third kappa shape index (κ3) is 4.07. The van der Waals surface area contributed by atoms with Gasteiger partial charge in [-0.25, -0.2) is 22.6 Å². The quantitative estimate of drug-likeness (QED) is 0.570. The van der Waals surface area contributed by atoms with E-state index in [0.29, 0.717) is 11.3 Å². The van der Waals surface area contributed by atoms with Crippen LogP contribution in [0.3, 0.4) is 0 Å². The van der Waals surface area contributed by atoms with Crippen molar-refractivity contribution < 1.29 is 17.5 Å². The van der Waals surface area contributed by atoms with Gasteiger partial charge in [-0.2, -0.15) is 0 Å². The number of ether oxygens (including phenoxy) is 1. The molecule has 0 radical (unpaired) electrons. The highest BCUT2D eigenvalue weighted by Gasteiger charge is 2.28. The van der Waals surface area contributed by atoms with E-state index in [4.69, 9.17) is 17.0 Å². The van der Waals surface area contributed by atoms with Crippen LogP contribution >= 0.6 is 0 Å². The van der Waals surface area contributed by atoms with Crippen LogP contribution in [0.1, 0.15) is 30.7 Å². The molecule has 9 heteroatoms. The Kier molecular flexibility index (Phi) is 5.33. The van der Waals surface area contributed by atoms with Crippen molar-refractivity contribution in [1.82, 2.24) is 9.97 Å². The molecule has 1 aliphatic rings. The lowest BCUT2D eigenvalue weighted by molar-refractivity contribution is 0.385. The summed E-state index contributed by atoms with van der Waals surface area (Å²) in [7, 11) is -3.49. The van der Waals surface area contributed by atoms with Crippen LogP contribution < -0.4 is 10.5 Å². The summed E-state index contributed by atoms with van der Waals surface area (Å²) < 4.78 is 45.2. The standard InChI is InChI=1S/C22H19FN4O3S/c1-25-17-10-14(31(2,28)29)6-9-19(17)30-22-15(13-4-3-5-13)7-8-16(21(22)23)18-11-27-20(24)12-26-18/h6-13H,3-5H2,2H3,(H2,24,27). The molecule has 1 heterocycles. The molecule has 2 N–H and O–H groups in total. The summed E-state index contributed by atoms with van der Waals surface area (Å²) >= 11 is 0. The largest absolute Gasteiger partial charge is 0.465 e. The predicted octanol–water partition coefficient (Wildman–Crippen LogP) is 4.88. The molecule has 0 saturated heterocycles. The van der Waals surface area contributed by atoms with Crippen molar-refractivity contribution in [3.63, 3.8) is 0 Å². The zero-order valence-corrected chi connectivity index (χ0v) is 17.5. The Labute approximate surface area is 179 Å². The lowest BCUT2D eigenvalue weighted by Gasteiger charge is -2.28. The van der Waals surface area contributed by atoms with Gasteiger partial charge in [-0.05, 0) is 43.0 Å². The Morgan fingerprint density at radius 2 is 1.97 bits per heavy atom. The van der Waals surface area contributed by atoms with E-state index >= 15 is 4.39 Å². The molecule has 31 heavy (non-hydrogen) atoms. The first kappa shape index (κ1) is 20.8. The molecule has 1 aliphatic carbocycles. The van der Waals surface area contributed by atoms with E-state index in [1.807, 2.05) is 0 Å². The highest BCUT2D eigenvalue weighted by Crippen LogP contribution is 2.46. The van der Waals surface area contributed by atoms with Crippen molar-refractivity contribution >= 4 is 21.3 Å². The van der Waals surface area contributed by atoms with Gasteiger partial charge in [0.25, 0.3) is 0 Å². The Morgan fingerprint density at radius 3 is 2.55 bits per heavy atom. The molecule has 0 bridgehead atoms. The molecule has 7 nitrogen and oxygen atoms in total. The van der Waals surface area contributed by atoms with E-state index in [9.17, 15) is 8.42 Å². The average molecular weight is 438 g/mol. The van der Waals surface area contributed by atoms with Gasteiger partial charge in [0.15, 0.2) is 21.4 Å². The van der Waals surface area contributed by atoms with Crippen LogP contribution in [-0.4, -0.2) is 24.6 Å². The molecular weight excluding hydrogens is 419 g/mol. The topological polar surface area (TPSA) is 99.5 Å². The first-order chi connectivity index (χ1) is 14.8. The van der Waals surface area contributed by atoms with Crippen molar-refractivity contribution in [2.75, 3.05) is 12.0 Å². The summed E-state index contributed by atoms with van der Waals surface area (Å²) in [5.41, 5.74) is 6.77. The van der Waals surface area contributed by atoms with E-state index in [2.05, 4.69) is 14.8 Å². The van der Waals surface area contributed by atoms with E-state index in [0.717, 1.165) is 25.5 Å². The SMILES string of the molecule is [C-]#[N+]c1cc(S(C)(=O)=O)ccc1Oc1c(C2CCC2)ccc(-c2cnc(N)cn2)c1F. The fourth-order valence-corrected chi connectivity index (χ4v) is 4.04. The number of rotatable bonds is 5. The molecule has 1 saturated carbocycles. The van der Waals surface area contributed by atoms with Gasteiger partial charge in [-0.3, -0.25) is 4.98 Å². The molecular formula is C22H19FN4O3S. The Morgan fingerprint density at radius 1 is 1.19 bits per heavy atom. The summed E-state index contributed by atoms with van der Waals surface area (Å²) in [6, 6.07) is 7.39. The number of anilines is 1. The number of sulfone groups is 1. The summed E-state index contributed by atoms with van der Waals surface area (Å²) in [6.45, 7) is 7.41. The van der Waals surface area contributed by atoms with Crippen LogP contribution in [0.25, 0.3) is 16.1 Å². The highest BCUT2D eigenvalue weighted by molar-refractivity contribution is 7.90. The summed E-state index contributed by atoms with van der Waals surface area (Å²) in [4.78, 5) is 11.5. The van der Waals surface area contributed by atoms with Crippen molar-refractivity contribution in [3.05, 3.63) is 65.5 Å². The van der Waals surface area contributed by atoms with E-state index in [1.165, 1.54) is 30.6 Å². The third-order valence-corrected chi connectivity index (χ3v) is 6.42. The average Bonchev–Trinajstić information content (AvgIpc) is 2.69. The molecule has 4 rings (SSSR count). The fourth-order valence-electron chi connectivity index (χ4n) is 3.40. The fraction of sp³-hybridized carbons (Fsp3) is 0.227. The van der Waals surface area contributed by atoms with Gasteiger partial charge in [0, 0.05) is 17.4 Å². The zero-order valence-electron chi connectivity index (χ0n) is 16.7. The minimum Gasteiger partial charge on any atom is -0.465 e. The van der Waals surface area contributed by atoms with Crippen LogP contribution in [-0.2, 0) is 9.84 Å². The van der Waals surface area contributed by atoms with Crippen LogP contribution in [0.2, 0.25) is 0 Å². The lowest BCUT2D eigenvalue weighted by atomic mass is 9.79. The van der Waals surface area contributed by atoms with E-state index < -0.39 is 15.7 Å². The molecule has 158 valence electrons. The number of aromatic nitrogens is 2. The van der Waals surface area contributed by atoms with Crippen LogP contribution in [0, 0.1) is 12.4 Å². The number of benzene rings is 2. The Balaban J connectivity index is 1.82. The minimum atomic E-state index is -3.49. The molecule has 0 spiro atoms. The van der Waals surface area contributed by atoms with Gasteiger partial charge in [-0.15, -0.1) is 0 Å². The van der Waals surface area contributed by atoms with Gasteiger partial charge >= 0.3 is 0 Å². The maximum atomic E-state index is 15.6. The molecule has 2 aromatic carbocycles. The van der Waals surface area contributed by atoms with Crippen LogP contribution in [0.5, 0.6) is 11.5 Å². The molecule has 3 aromatic rings. The molecule has 0 atom stereocenters. The number of nitrogens with two attached hydrogens (primary N) is 1. The number of halogens is 1. The van der Waals surface area contributed by atoms with Crippen molar-refractivity contribution in [1.29, 1.82) is 0 Å². The third-order valence-electron chi connectivity index (χ3n) is 5.31. The van der Waals surface area contributed by atoms with Crippen molar-refractivity contribution in [2.45, 2.75) is 30.1 Å². The predicted molar refractivity (Wildman–Crippen MR) is 114 cm³/mol. The van der Waals surface area contributed by atoms with Gasteiger partial charge in [0.2, 0.25) is 5.69 Å². The first-order valence-electron chi connectivity index (χ1n) is 9.57. The summed E-state index contributed by atoms with van der Waals surface area (Å²) in [5, 5.41) is 0. The second-order valence-electron chi connectivity index (χ2n) is 7.42. The maximum Gasteiger partial charge on any atom is 0.230 e. The Bertz CT molecular complexity index is 1300.